The van der Waals surface area contributed by atoms with Gasteiger partial charge in [-0.25, -0.2) is 0 Å². The van der Waals surface area contributed by atoms with E-state index in [-0.39, 0.29) is 30.7 Å². The quantitative estimate of drug-likeness (QED) is 0.867. The van der Waals surface area contributed by atoms with Crippen LogP contribution >= 0.6 is 24.8 Å². The van der Waals surface area contributed by atoms with Crippen LogP contribution in [-0.4, -0.2) is 37.7 Å². The number of anilines is 2. The predicted molar refractivity (Wildman–Crippen MR) is 98.0 cm³/mol. The zero-order valence-corrected chi connectivity index (χ0v) is 14.8. The first-order valence-electron chi connectivity index (χ1n) is 7.70. The number of hydrogen-bond donors (Lipinski definition) is 2. The highest BCUT2D eigenvalue weighted by Crippen LogP contribution is 2.25. The van der Waals surface area contributed by atoms with Crippen LogP contribution in [0.3, 0.4) is 0 Å². The second-order valence-electron chi connectivity index (χ2n) is 5.97. The van der Waals surface area contributed by atoms with Crippen molar-refractivity contribution in [2.45, 2.75) is 31.2 Å². The molecule has 0 saturated carbocycles. The van der Waals surface area contributed by atoms with Gasteiger partial charge in [0, 0.05) is 37.7 Å². The van der Waals surface area contributed by atoms with Crippen molar-refractivity contribution in [2.75, 3.05) is 36.5 Å². The van der Waals surface area contributed by atoms with Gasteiger partial charge in [0.25, 0.3) is 0 Å². The van der Waals surface area contributed by atoms with E-state index in [0.29, 0.717) is 26.1 Å². The number of halogens is 2. The molecule has 2 saturated heterocycles. The number of benzene rings is 1. The Hall–Kier alpha value is -1.01. The molecule has 0 unspecified atom stereocenters. The smallest absolute Gasteiger partial charge is 0.244 e. The standard InChI is InChI=1S/C16H23N3O2.2ClH/c17-16(6-10-21-11-7-16)15(20)18-13-4-3-5-14(12-13)19-8-1-2-9-19;;/h3-5,12H,1-2,6-11,17H2,(H,18,20);2*1H. The van der Waals surface area contributed by atoms with Crippen molar-refractivity contribution in [3.8, 4) is 0 Å². The van der Waals surface area contributed by atoms with Crippen molar-refractivity contribution in [1.29, 1.82) is 0 Å². The zero-order chi connectivity index (χ0) is 14.7. The van der Waals surface area contributed by atoms with Crippen LogP contribution < -0.4 is 16.0 Å². The van der Waals surface area contributed by atoms with Crippen molar-refractivity contribution in [3.05, 3.63) is 24.3 Å². The highest BCUT2D eigenvalue weighted by Gasteiger charge is 2.35. The largest absolute Gasteiger partial charge is 0.381 e. The summed E-state index contributed by atoms with van der Waals surface area (Å²) in [5.74, 6) is -0.107. The SMILES string of the molecule is Cl.Cl.NC1(C(=O)Nc2cccc(N3CCCC3)c2)CCOCC1. The maximum atomic E-state index is 12.4. The number of ether oxygens (including phenoxy) is 1. The first-order valence-corrected chi connectivity index (χ1v) is 7.70. The van der Waals surface area contributed by atoms with Gasteiger partial charge in [0.05, 0.1) is 0 Å². The molecule has 130 valence electrons. The molecule has 23 heavy (non-hydrogen) atoms. The third kappa shape index (κ3) is 4.73. The maximum Gasteiger partial charge on any atom is 0.244 e. The van der Waals surface area contributed by atoms with Crippen LogP contribution in [-0.2, 0) is 9.53 Å². The van der Waals surface area contributed by atoms with Crippen molar-refractivity contribution in [3.63, 3.8) is 0 Å². The molecule has 0 bridgehead atoms. The molecule has 2 aliphatic heterocycles. The number of hydrogen-bond acceptors (Lipinski definition) is 4. The van der Waals surface area contributed by atoms with E-state index >= 15 is 0 Å². The fourth-order valence-corrected chi connectivity index (χ4v) is 2.97. The Morgan fingerprint density at radius 2 is 1.83 bits per heavy atom. The topological polar surface area (TPSA) is 67.6 Å². The van der Waals surface area contributed by atoms with E-state index < -0.39 is 5.54 Å². The van der Waals surface area contributed by atoms with E-state index in [1.54, 1.807) is 0 Å². The van der Waals surface area contributed by atoms with Crippen molar-refractivity contribution >= 4 is 42.1 Å². The summed E-state index contributed by atoms with van der Waals surface area (Å²) in [5, 5.41) is 2.97. The Balaban J connectivity index is 0.00000132. The van der Waals surface area contributed by atoms with Crippen LogP contribution in [0.5, 0.6) is 0 Å². The summed E-state index contributed by atoms with van der Waals surface area (Å²) in [4.78, 5) is 14.8. The third-order valence-corrected chi connectivity index (χ3v) is 4.41. The number of carbonyl (C=O) groups is 1. The normalized spacial score (nSPS) is 19.4. The minimum atomic E-state index is -0.804. The molecule has 0 atom stereocenters. The lowest BCUT2D eigenvalue weighted by molar-refractivity contribution is -0.124. The highest BCUT2D eigenvalue weighted by molar-refractivity contribution is 5.98. The molecule has 0 spiro atoms. The number of nitrogens with zero attached hydrogens (tertiary/aromatic N) is 1. The molecule has 3 N–H and O–H groups in total. The summed E-state index contributed by atoms with van der Waals surface area (Å²) in [6.07, 6.45) is 3.63. The number of amides is 1. The van der Waals surface area contributed by atoms with Gasteiger partial charge in [0.2, 0.25) is 5.91 Å². The molecule has 0 radical (unpaired) electrons. The summed E-state index contributed by atoms with van der Waals surface area (Å²) in [5.41, 5.74) is 7.39. The molecule has 0 aliphatic carbocycles. The third-order valence-electron chi connectivity index (χ3n) is 4.41. The van der Waals surface area contributed by atoms with Crippen LogP contribution in [0.15, 0.2) is 24.3 Å². The van der Waals surface area contributed by atoms with Crippen molar-refractivity contribution in [1.82, 2.24) is 0 Å². The molecule has 5 nitrogen and oxygen atoms in total. The first kappa shape index (κ1) is 20.0. The van der Waals surface area contributed by atoms with E-state index in [1.807, 2.05) is 18.2 Å². The summed E-state index contributed by atoms with van der Waals surface area (Å²) in [7, 11) is 0. The van der Waals surface area contributed by atoms with Gasteiger partial charge in [0.15, 0.2) is 0 Å². The van der Waals surface area contributed by atoms with Gasteiger partial charge in [-0.05, 0) is 43.9 Å². The molecule has 2 fully saturated rings. The number of nitrogens with two attached hydrogens (primary N) is 1. The van der Waals surface area contributed by atoms with Gasteiger partial charge >= 0.3 is 0 Å². The van der Waals surface area contributed by atoms with Gasteiger partial charge in [-0.2, -0.15) is 0 Å². The van der Waals surface area contributed by atoms with E-state index in [2.05, 4.69) is 16.3 Å². The number of nitrogens with one attached hydrogen (secondary N) is 1. The summed E-state index contributed by atoms with van der Waals surface area (Å²) in [6.45, 7) is 3.29. The van der Waals surface area contributed by atoms with Gasteiger partial charge < -0.3 is 20.7 Å². The van der Waals surface area contributed by atoms with Gasteiger partial charge in [-0.3, -0.25) is 4.79 Å². The molecule has 0 aromatic heterocycles. The minimum Gasteiger partial charge on any atom is -0.381 e. The van der Waals surface area contributed by atoms with E-state index in [0.717, 1.165) is 18.8 Å². The zero-order valence-electron chi connectivity index (χ0n) is 13.1. The van der Waals surface area contributed by atoms with Crippen LogP contribution in [0.25, 0.3) is 0 Å². The molecular formula is C16H25Cl2N3O2. The van der Waals surface area contributed by atoms with Gasteiger partial charge in [-0.15, -0.1) is 24.8 Å². The molecule has 1 amide bonds. The average molecular weight is 362 g/mol. The maximum absolute atomic E-state index is 12.4. The fourth-order valence-electron chi connectivity index (χ4n) is 2.97. The Morgan fingerprint density at radius 1 is 1.17 bits per heavy atom. The molecule has 1 aromatic carbocycles. The fraction of sp³-hybridized carbons (Fsp3) is 0.562. The summed E-state index contributed by atoms with van der Waals surface area (Å²) < 4.78 is 5.29. The lowest BCUT2D eigenvalue weighted by Crippen LogP contribution is -2.54. The Bertz CT molecular complexity index is 516. The van der Waals surface area contributed by atoms with Crippen LogP contribution in [0.4, 0.5) is 11.4 Å². The van der Waals surface area contributed by atoms with Crippen LogP contribution in [0.1, 0.15) is 25.7 Å². The molecule has 3 rings (SSSR count). The molecular weight excluding hydrogens is 337 g/mol. The second kappa shape index (κ2) is 8.73. The molecule has 2 aliphatic rings. The molecule has 1 aromatic rings. The van der Waals surface area contributed by atoms with E-state index in [1.165, 1.54) is 18.5 Å². The van der Waals surface area contributed by atoms with Crippen LogP contribution in [0.2, 0.25) is 0 Å². The number of carbonyl (C=O) groups excluding carboxylic acids is 1. The van der Waals surface area contributed by atoms with Crippen molar-refractivity contribution < 1.29 is 9.53 Å². The lowest BCUT2D eigenvalue weighted by Gasteiger charge is -2.31. The van der Waals surface area contributed by atoms with Crippen LogP contribution in [0, 0.1) is 0 Å². The molecule has 7 heteroatoms. The average Bonchev–Trinajstić information content (AvgIpc) is 3.02. The Labute approximate surface area is 149 Å². The van der Waals surface area contributed by atoms with Gasteiger partial charge in [0.1, 0.15) is 5.54 Å². The highest BCUT2D eigenvalue weighted by atomic mass is 35.5. The van der Waals surface area contributed by atoms with E-state index in [9.17, 15) is 4.79 Å². The molecule has 2 heterocycles. The lowest BCUT2D eigenvalue weighted by atomic mass is 9.90. The predicted octanol–water partition coefficient (Wildman–Crippen LogP) is 2.58. The second-order valence-corrected chi connectivity index (χ2v) is 5.97. The first-order chi connectivity index (χ1) is 10.2. The summed E-state index contributed by atoms with van der Waals surface area (Å²) >= 11 is 0. The summed E-state index contributed by atoms with van der Waals surface area (Å²) in [6, 6.07) is 8.02. The Morgan fingerprint density at radius 3 is 2.48 bits per heavy atom. The van der Waals surface area contributed by atoms with E-state index in [4.69, 9.17) is 10.5 Å². The van der Waals surface area contributed by atoms with Gasteiger partial charge in [-0.1, -0.05) is 6.07 Å². The van der Waals surface area contributed by atoms with Crippen molar-refractivity contribution in [2.24, 2.45) is 5.73 Å². The number of rotatable bonds is 3. The monoisotopic (exact) mass is 361 g/mol. The Kier molecular flexibility index (Phi) is 7.61. The minimum absolute atomic E-state index is 0.